The second-order valence-corrected chi connectivity index (χ2v) is 11.9. The highest BCUT2D eigenvalue weighted by atomic mass is 16.3. The van der Waals surface area contributed by atoms with Gasteiger partial charge in [0.25, 0.3) is 0 Å². The minimum absolute atomic E-state index is 0.323. The zero-order valence-corrected chi connectivity index (χ0v) is 22.3. The van der Waals surface area contributed by atoms with Crippen molar-refractivity contribution in [2.24, 2.45) is 5.41 Å². The van der Waals surface area contributed by atoms with E-state index in [-0.39, 0.29) is 11.8 Å². The van der Waals surface area contributed by atoms with Crippen LogP contribution in [0.5, 0.6) is 0 Å². The minimum Gasteiger partial charge on any atom is -0.387 e. The third kappa shape index (κ3) is 5.26. The van der Waals surface area contributed by atoms with Gasteiger partial charge < -0.3 is 20.8 Å². The van der Waals surface area contributed by atoms with E-state index in [0.29, 0.717) is 38.5 Å². The molecule has 6 heteroatoms. The van der Waals surface area contributed by atoms with Crippen molar-refractivity contribution in [3.8, 4) is 0 Å². The van der Waals surface area contributed by atoms with Crippen LogP contribution in [0.25, 0.3) is 0 Å². The summed E-state index contributed by atoms with van der Waals surface area (Å²) in [5.74, 6) is -0.645. The number of rotatable bonds is 8. The molecule has 2 aromatic rings. The van der Waals surface area contributed by atoms with Gasteiger partial charge in [0.15, 0.2) is 0 Å². The van der Waals surface area contributed by atoms with Crippen molar-refractivity contribution >= 4 is 11.8 Å². The predicted octanol–water partition coefficient (Wildman–Crippen LogP) is 5.26. The molecule has 3 fully saturated rings. The van der Waals surface area contributed by atoms with Crippen molar-refractivity contribution in [1.82, 2.24) is 10.6 Å². The number of nitrogens with one attached hydrogen (secondary N) is 2. The molecule has 0 aromatic heterocycles. The Labute approximate surface area is 226 Å². The standard InChI is InChI=1S/C32H42N2O4/c35-28(33-26(24-14-5-1-6-15-24)31(37)20-9-3-10-21-31)30(18-13-19-30)29(36)34-27(25-16-7-2-8-17-25)32(38)22-11-4-12-23-32/h1-2,5-8,14-17,26-27,37-38H,3-4,9-13,18-23H2,(H,33,35)(H,34,36)/t26-,27-/m1/s1. The van der Waals surface area contributed by atoms with Crippen molar-refractivity contribution in [3.63, 3.8) is 0 Å². The van der Waals surface area contributed by atoms with E-state index in [2.05, 4.69) is 10.6 Å². The summed E-state index contributed by atoms with van der Waals surface area (Å²) in [6.07, 6.45) is 10.0. The highest BCUT2D eigenvalue weighted by Gasteiger charge is 2.54. The number of carbonyl (C=O) groups excluding carboxylic acids is 2. The first-order valence-electron chi connectivity index (χ1n) is 14.5. The van der Waals surface area contributed by atoms with Crippen LogP contribution in [-0.2, 0) is 9.59 Å². The molecule has 3 saturated carbocycles. The first-order valence-corrected chi connectivity index (χ1v) is 14.5. The second kappa shape index (κ2) is 11.2. The van der Waals surface area contributed by atoms with Gasteiger partial charge in [-0.05, 0) is 49.7 Å². The maximum atomic E-state index is 14.0. The molecular weight excluding hydrogens is 476 g/mol. The lowest BCUT2D eigenvalue weighted by molar-refractivity contribution is -0.154. The Balaban J connectivity index is 1.40. The van der Waals surface area contributed by atoms with Gasteiger partial charge in [0.1, 0.15) is 5.41 Å². The molecule has 3 aliphatic carbocycles. The van der Waals surface area contributed by atoms with E-state index in [4.69, 9.17) is 0 Å². The van der Waals surface area contributed by atoms with Crippen LogP contribution in [0.3, 0.4) is 0 Å². The quantitative estimate of drug-likeness (QED) is 0.358. The summed E-state index contributed by atoms with van der Waals surface area (Å²) in [6, 6.07) is 18.1. The zero-order valence-electron chi connectivity index (χ0n) is 22.3. The van der Waals surface area contributed by atoms with Gasteiger partial charge in [-0.25, -0.2) is 0 Å². The van der Waals surface area contributed by atoms with E-state index in [9.17, 15) is 19.8 Å². The smallest absolute Gasteiger partial charge is 0.236 e. The first-order chi connectivity index (χ1) is 18.4. The summed E-state index contributed by atoms with van der Waals surface area (Å²) in [5.41, 5.74) is -1.56. The fourth-order valence-electron chi connectivity index (χ4n) is 6.88. The Bertz CT molecular complexity index is 1000. The van der Waals surface area contributed by atoms with E-state index in [1.54, 1.807) is 0 Å². The Kier molecular flexibility index (Phi) is 7.92. The molecule has 0 saturated heterocycles. The molecule has 2 amide bonds. The summed E-state index contributed by atoms with van der Waals surface area (Å²) < 4.78 is 0. The number of carbonyl (C=O) groups is 2. The van der Waals surface area contributed by atoms with Gasteiger partial charge in [0.05, 0.1) is 23.3 Å². The van der Waals surface area contributed by atoms with Gasteiger partial charge in [0.2, 0.25) is 11.8 Å². The Morgan fingerprint density at radius 2 is 0.921 bits per heavy atom. The Morgan fingerprint density at radius 1 is 0.553 bits per heavy atom. The molecule has 0 spiro atoms. The molecule has 2 aromatic carbocycles. The molecule has 5 rings (SSSR count). The van der Waals surface area contributed by atoms with Crippen LogP contribution >= 0.6 is 0 Å². The molecular formula is C32H42N2O4. The normalized spacial score (nSPS) is 23.3. The van der Waals surface area contributed by atoms with Crippen molar-refractivity contribution in [1.29, 1.82) is 0 Å². The van der Waals surface area contributed by atoms with Gasteiger partial charge in [-0.15, -0.1) is 0 Å². The SMILES string of the molecule is O=C(N[C@H](c1ccccc1)C1(O)CCCCC1)C1(C(=O)N[C@H](c2ccccc2)C2(O)CCCCC2)CCC1. The fraction of sp³-hybridized carbons (Fsp3) is 0.562. The van der Waals surface area contributed by atoms with Crippen molar-refractivity contribution in [2.75, 3.05) is 0 Å². The molecule has 0 heterocycles. The van der Waals surface area contributed by atoms with Crippen molar-refractivity contribution in [2.45, 2.75) is 107 Å². The summed E-state index contributed by atoms with van der Waals surface area (Å²) in [7, 11) is 0. The third-order valence-corrected chi connectivity index (χ3v) is 9.41. The second-order valence-electron chi connectivity index (χ2n) is 11.9. The van der Waals surface area contributed by atoms with E-state index in [1.165, 1.54) is 0 Å². The maximum absolute atomic E-state index is 14.0. The average molecular weight is 519 g/mol. The molecule has 3 aliphatic rings. The maximum Gasteiger partial charge on any atom is 0.236 e. The lowest BCUT2D eigenvalue weighted by Gasteiger charge is -2.46. The lowest BCUT2D eigenvalue weighted by Crippen LogP contribution is -2.60. The minimum atomic E-state index is -1.20. The Hall–Kier alpha value is -2.70. The summed E-state index contributed by atoms with van der Waals surface area (Å²) in [4.78, 5) is 28.0. The molecule has 38 heavy (non-hydrogen) atoms. The monoisotopic (exact) mass is 518 g/mol. The number of hydrogen-bond acceptors (Lipinski definition) is 4. The molecule has 2 atom stereocenters. The summed E-state index contributed by atoms with van der Waals surface area (Å²) in [5, 5.41) is 29.7. The number of hydrogen-bond donors (Lipinski definition) is 4. The molecule has 4 N–H and O–H groups in total. The number of aliphatic hydroxyl groups is 2. The average Bonchev–Trinajstić information content (AvgIpc) is 2.91. The van der Waals surface area contributed by atoms with E-state index < -0.39 is 28.7 Å². The molecule has 0 radical (unpaired) electrons. The van der Waals surface area contributed by atoms with E-state index >= 15 is 0 Å². The van der Waals surface area contributed by atoms with Gasteiger partial charge in [-0.2, -0.15) is 0 Å². The lowest BCUT2D eigenvalue weighted by atomic mass is 9.66. The van der Waals surface area contributed by atoms with Crippen LogP contribution in [0.1, 0.15) is 107 Å². The third-order valence-electron chi connectivity index (χ3n) is 9.41. The van der Waals surface area contributed by atoms with Crippen LogP contribution in [0.4, 0.5) is 0 Å². The predicted molar refractivity (Wildman–Crippen MR) is 147 cm³/mol. The Morgan fingerprint density at radius 3 is 1.24 bits per heavy atom. The van der Waals surface area contributed by atoms with E-state index in [1.807, 2.05) is 60.7 Å². The van der Waals surface area contributed by atoms with Crippen molar-refractivity contribution in [3.05, 3.63) is 71.8 Å². The highest BCUT2D eigenvalue weighted by molar-refractivity contribution is 6.06. The number of benzene rings is 2. The van der Waals surface area contributed by atoms with Crippen LogP contribution in [0, 0.1) is 5.41 Å². The van der Waals surface area contributed by atoms with Gasteiger partial charge in [-0.3, -0.25) is 9.59 Å². The molecule has 0 unspecified atom stereocenters. The summed E-state index contributed by atoms with van der Waals surface area (Å²) >= 11 is 0. The topological polar surface area (TPSA) is 98.7 Å². The molecule has 0 aliphatic heterocycles. The van der Waals surface area contributed by atoms with Crippen LogP contribution in [-0.4, -0.2) is 33.2 Å². The summed E-state index contributed by atoms with van der Waals surface area (Å²) in [6.45, 7) is 0. The molecule has 204 valence electrons. The van der Waals surface area contributed by atoms with Gasteiger partial charge in [0, 0.05) is 0 Å². The zero-order chi connectivity index (χ0) is 26.6. The van der Waals surface area contributed by atoms with E-state index in [0.717, 1.165) is 56.1 Å². The largest absolute Gasteiger partial charge is 0.387 e. The molecule has 0 bridgehead atoms. The van der Waals surface area contributed by atoms with Crippen LogP contribution in [0.2, 0.25) is 0 Å². The van der Waals surface area contributed by atoms with Crippen LogP contribution in [0.15, 0.2) is 60.7 Å². The highest BCUT2D eigenvalue weighted by Crippen LogP contribution is 2.46. The van der Waals surface area contributed by atoms with Crippen LogP contribution < -0.4 is 10.6 Å². The van der Waals surface area contributed by atoms with Crippen molar-refractivity contribution < 1.29 is 19.8 Å². The first kappa shape index (κ1) is 26.9. The molecule has 6 nitrogen and oxygen atoms in total. The fourth-order valence-corrected chi connectivity index (χ4v) is 6.88. The van der Waals surface area contributed by atoms with Gasteiger partial charge >= 0.3 is 0 Å². The van der Waals surface area contributed by atoms with Gasteiger partial charge in [-0.1, -0.05) is 106 Å². The number of amides is 2.